The number of phenolic OH excluding ortho intramolecular Hbond substituents is 1. The molecule has 11 heteroatoms. The van der Waals surface area contributed by atoms with Crippen molar-refractivity contribution >= 4 is 70.0 Å². The Hall–Kier alpha value is -0.210. The van der Waals surface area contributed by atoms with Crippen molar-refractivity contribution in [3.63, 3.8) is 0 Å². The van der Waals surface area contributed by atoms with Gasteiger partial charge in [-0.3, -0.25) is 4.90 Å². The van der Waals surface area contributed by atoms with Gasteiger partial charge in [-0.25, -0.2) is 0 Å². The van der Waals surface area contributed by atoms with E-state index in [1.807, 2.05) is 12.1 Å². The van der Waals surface area contributed by atoms with Gasteiger partial charge in [0.1, 0.15) is 11.5 Å². The van der Waals surface area contributed by atoms with Crippen LogP contribution in [0, 0.1) is 7.14 Å². The molecule has 3 rings (SSSR count). The Bertz CT molecular complexity index is 805. The molecule has 1 heterocycles. The van der Waals surface area contributed by atoms with Gasteiger partial charge in [-0.05, 0) is 75.0 Å². The molecule has 0 aliphatic carbocycles. The molecule has 2 aromatic rings. The standard InChI is InChI=1S/C18H17F3I2N2O2.2ClH/c19-18(20,21)27-13-3-1-11(2-4-13)16(25-7-5-24-6-8-25)14-9-12(22)10-15(23)17(14)26;;/h1-4,9-10,16,24,26H,5-8H2;2*1H/t16-;;/m1../s1. The molecule has 1 fully saturated rings. The fourth-order valence-corrected chi connectivity index (χ4v) is 5.06. The largest absolute Gasteiger partial charge is 0.573 e. The molecule has 0 amide bonds. The second kappa shape index (κ2) is 11.4. The van der Waals surface area contributed by atoms with Crippen LogP contribution in [0.15, 0.2) is 36.4 Å². The number of alkyl halides is 3. The molecular weight excluding hydrogens is 658 g/mol. The highest BCUT2D eigenvalue weighted by atomic mass is 127. The van der Waals surface area contributed by atoms with Gasteiger partial charge in [-0.1, -0.05) is 12.1 Å². The molecule has 0 saturated carbocycles. The van der Waals surface area contributed by atoms with Crippen molar-refractivity contribution < 1.29 is 23.0 Å². The van der Waals surface area contributed by atoms with Crippen molar-refractivity contribution in [2.24, 2.45) is 0 Å². The van der Waals surface area contributed by atoms with E-state index in [2.05, 4.69) is 60.1 Å². The lowest BCUT2D eigenvalue weighted by molar-refractivity contribution is -0.274. The summed E-state index contributed by atoms with van der Waals surface area (Å²) in [5.74, 6) is -0.0538. The molecule has 0 bridgehead atoms. The quantitative estimate of drug-likeness (QED) is 0.430. The Kier molecular flexibility index (Phi) is 10.6. The van der Waals surface area contributed by atoms with Crippen LogP contribution in [0.2, 0.25) is 0 Å². The Morgan fingerprint density at radius 2 is 1.62 bits per heavy atom. The van der Waals surface area contributed by atoms with Gasteiger partial charge in [0.25, 0.3) is 0 Å². The van der Waals surface area contributed by atoms with Crippen molar-refractivity contribution in [3.8, 4) is 11.5 Å². The van der Waals surface area contributed by atoms with Crippen molar-refractivity contribution in [2.75, 3.05) is 26.2 Å². The van der Waals surface area contributed by atoms with Crippen LogP contribution in [0.1, 0.15) is 17.2 Å². The number of nitrogens with zero attached hydrogens (tertiary/aromatic N) is 1. The maximum atomic E-state index is 12.4. The van der Waals surface area contributed by atoms with E-state index in [9.17, 15) is 18.3 Å². The highest BCUT2D eigenvalue weighted by molar-refractivity contribution is 14.1. The zero-order valence-electron chi connectivity index (χ0n) is 14.9. The normalized spacial score (nSPS) is 15.8. The highest BCUT2D eigenvalue weighted by Crippen LogP contribution is 2.38. The SMILES string of the molecule is Cl.Cl.Oc1c(I)cc(I)cc1[C@@H](c1ccc(OC(F)(F)F)cc1)N1CCNCC1. The van der Waals surface area contributed by atoms with Gasteiger partial charge in [-0.2, -0.15) is 0 Å². The van der Waals surface area contributed by atoms with Gasteiger partial charge in [0.15, 0.2) is 0 Å². The number of ether oxygens (including phenoxy) is 1. The Morgan fingerprint density at radius 1 is 1.03 bits per heavy atom. The lowest BCUT2D eigenvalue weighted by Gasteiger charge is -2.36. The first kappa shape index (κ1) is 26.8. The lowest BCUT2D eigenvalue weighted by Crippen LogP contribution is -2.45. The molecule has 162 valence electrons. The summed E-state index contributed by atoms with van der Waals surface area (Å²) < 4.78 is 43.0. The summed E-state index contributed by atoms with van der Waals surface area (Å²) in [5, 5.41) is 14.0. The van der Waals surface area contributed by atoms with Crippen LogP contribution in [-0.4, -0.2) is 42.5 Å². The van der Waals surface area contributed by atoms with Crippen LogP contribution < -0.4 is 10.1 Å². The van der Waals surface area contributed by atoms with Crippen molar-refractivity contribution in [2.45, 2.75) is 12.4 Å². The number of hydrogen-bond donors (Lipinski definition) is 2. The fourth-order valence-electron chi connectivity index (χ4n) is 3.17. The Balaban J connectivity index is 0.00000210. The summed E-state index contributed by atoms with van der Waals surface area (Å²) in [7, 11) is 0. The minimum atomic E-state index is -4.72. The van der Waals surface area contributed by atoms with Crippen LogP contribution in [0.4, 0.5) is 13.2 Å². The van der Waals surface area contributed by atoms with Gasteiger partial charge in [-0.15, -0.1) is 38.0 Å². The molecule has 1 aliphatic heterocycles. The first-order chi connectivity index (χ1) is 12.7. The van der Waals surface area contributed by atoms with E-state index >= 15 is 0 Å². The summed E-state index contributed by atoms with van der Waals surface area (Å²) in [6.07, 6.45) is -4.72. The van der Waals surface area contributed by atoms with Crippen molar-refractivity contribution in [1.29, 1.82) is 0 Å². The van der Waals surface area contributed by atoms with Gasteiger partial charge < -0.3 is 15.2 Å². The van der Waals surface area contributed by atoms with E-state index < -0.39 is 6.36 Å². The zero-order chi connectivity index (χ0) is 19.6. The summed E-state index contributed by atoms with van der Waals surface area (Å²) in [5.41, 5.74) is 1.55. The number of halogens is 7. The molecule has 2 aromatic carbocycles. The van der Waals surface area contributed by atoms with Crippen LogP contribution >= 0.6 is 70.0 Å². The van der Waals surface area contributed by atoms with E-state index in [1.54, 1.807) is 12.1 Å². The monoisotopic (exact) mass is 676 g/mol. The topological polar surface area (TPSA) is 44.7 Å². The van der Waals surface area contributed by atoms with Gasteiger partial charge in [0.05, 0.1) is 9.61 Å². The summed E-state index contributed by atoms with van der Waals surface area (Å²) >= 11 is 4.29. The molecule has 4 nitrogen and oxygen atoms in total. The van der Waals surface area contributed by atoms with Crippen LogP contribution in [0.5, 0.6) is 11.5 Å². The fraction of sp³-hybridized carbons (Fsp3) is 0.333. The average Bonchev–Trinajstić information content (AvgIpc) is 2.60. The summed E-state index contributed by atoms with van der Waals surface area (Å²) in [6, 6.07) is 9.43. The number of rotatable bonds is 4. The van der Waals surface area contributed by atoms with Crippen molar-refractivity contribution in [3.05, 3.63) is 54.7 Å². The smallest absolute Gasteiger partial charge is 0.506 e. The number of aromatic hydroxyl groups is 1. The van der Waals surface area contributed by atoms with E-state index in [4.69, 9.17) is 0 Å². The second-order valence-corrected chi connectivity index (χ2v) is 8.54. The van der Waals surface area contributed by atoms with Crippen LogP contribution in [0.3, 0.4) is 0 Å². The van der Waals surface area contributed by atoms with E-state index in [1.165, 1.54) is 12.1 Å². The molecule has 1 saturated heterocycles. The summed E-state index contributed by atoms with van der Waals surface area (Å²) in [4.78, 5) is 2.22. The van der Waals surface area contributed by atoms with Crippen molar-refractivity contribution in [1.82, 2.24) is 10.2 Å². The molecule has 0 unspecified atom stereocenters. The number of phenols is 1. The number of piperazine rings is 1. The molecule has 2 N–H and O–H groups in total. The highest BCUT2D eigenvalue weighted by Gasteiger charge is 2.32. The van der Waals surface area contributed by atoms with Gasteiger partial charge in [0, 0.05) is 35.3 Å². The zero-order valence-corrected chi connectivity index (χ0v) is 20.8. The third-order valence-corrected chi connectivity index (χ3v) is 5.74. The molecular formula is C18H19Cl2F3I2N2O2. The third kappa shape index (κ3) is 7.17. The van der Waals surface area contributed by atoms with E-state index in [0.717, 1.165) is 44.4 Å². The predicted molar refractivity (Wildman–Crippen MR) is 127 cm³/mol. The third-order valence-electron chi connectivity index (χ3n) is 4.30. The number of nitrogens with one attached hydrogen (secondary N) is 1. The minimum absolute atomic E-state index is 0. The number of hydrogen-bond acceptors (Lipinski definition) is 4. The van der Waals surface area contributed by atoms with Gasteiger partial charge >= 0.3 is 6.36 Å². The molecule has 29 heavy (non-hydrogen) atoms. The first-order valence-corrected chi connectivity index (χ1v) is 10.4. The Morgan fingerprint density at radius 3 is 2.17 bits per heavy atom. The maximum absolute atomic E-state index is 12.4. The first-order valence-electron chi connectivity index (χ1n) is 8.23. The Labute approximate surface area is 206 Å². The number of benzene rings is 2. The molecule has 1 atom stereocenters. The van der Waals surface area contributed by atoms with Crippen LogP contribution in [0.25, 0.3) is 0 Å². The minimum Gasteiger partial charge on any atom is -0.506 e. The molecule has 0 radical (unpaired) electrons. The molecule has 0 aromatic heterocycles. The second-order valence-electron chi connectivity index (χ2n) is 6.13. The summed E-state index contributed by atoms with van der Waals surface area (Å²) in [6.45, 7) is 3.17. The van der Waals surface area contributed by atoms with Crippen LogP contribution in [-0.2, 0) is 0 Å². The van der Waals surface area contributed by atoms with Gasteiger partial charge in [0.2, 0.25) is 0 Å². The maximum Gasteiger partial charge on any atom is 0.573 e. The van der Waals surface area contributed by atoms with E-state index in [-0.39, 0.29) is 42.4 Å². The van der Waals surface area contributed by atoms with E-state index in [0.29, 0.717) is 0 Å². The molecule has 0 spiro atoms. The lowest BCUT2D eigenvalue weighted by atomic mass is 9.95. The predicted octanol–water partition coefficient (Wildman–Crippen LogP) is 5.34. The molecule has 1 aliphatic rings. The average molecular weight is 677 g/mol.